The van der Waals surface area contributed by atoms with Gasteiger partial charge >= 0.3 is 5.97 Å². The molecule has 0 aromatic carbocycles. The lowest BCUT2D eigenvalue weighted by Crippen LogP contribution is -2.52. The summed E-state index contributed by atoms with van der Waals surface area (Å²) in [5.74, 6) is 0.00185. The molecular formula is C17H36N2O2. The van der Waals surface area contributed by atoms with Crippen LogP contribution in [-0.4, -0.2) is 47.7 Å². The zero-order valence-electron chi connectivity index (χ0n) is 14.7. The van der Waals surface area contributed by atoms with E-state index in [1.165, 1.54) is 6.42 Å². The van der Waals surface area contributed by atoms with Crippen LogP contribution in [0.4, 0.5) is 0 Å². The molecular weight excluding hydrogens is 264 g/mol. The van der Waals surface area contributed by atoms with Crippen LogP contribution in [0.1, 0.15) is 66.7 Å². The van der Waals surface area contributed by atoms with Crippen molar-refractivity contribution in [3.8, 4) is 0 Å². The molecule has 126 valence electrons. The van der Waals surface area contributed by atoms with E-state index in [0.717, 1.165) is 39.0 Å². The third-order valence-electron chi connectivity index (χ3n) is 4.52. The third-order valence-corrected chi connectivity index (χ3v) is 4.52. The molecule has 0 heterocycles. The topological polar surface area (TPSA) is 52.6 Å². The lowest BCUT2D eigenvalue weighted by atomic mass is 9.90. The van der Waals surface area contributed by atoms with Gasteiger partial charge in [-0.3, -0.25) is 4.79 Å². The van der Waals surface area contributed by atoms with Crippen LogP contribution in [0.15, 0.2) is 0 Å². The summed E-state index contributed by atoms with van der Waals surface area (Å²) in [5, 5.41) is 12.8. The highest BCUT2D eigenvalue weighted by Gasteiger charge is 2.35. The minimum Gasteiger partial charge on any atom is -0.480 e. The van der Waals surface area contributed by atoms with Gasteiger partial charge in [0, 0.05) is 6.54 Å². The van der Waals surface area contributed by atoms with Crippen molar-refractivity contribution >= 4 is 5.97 Å². The fourth-order valence-electron chi connectivity index (χ4n) is 2.64. The van der Waals surface area contributed by atoms with Gasteiger partial charge in [-0.15, -0.1) is 0 Å². The molecule has 0 bridgehead atoms. The maximum Gasteiger partial charge on any atom is 0.323 e. The van der Waals surface area contributed by atoms with Gasteiger partial charge < -0.3 is 15.3 Å². The Labute approximate surface area is 131 Å². The number of nitrogens with one attached hydrogen (secondary N) is 1. The van der Waals surface area contributed by atoms with Crippen LogP contribution in [0.5, 0.6) is 0 Å². The Morgan fingerprint density at radius 1 is 1.29 bits per heavy atom. The van der Waals surface area contributed by atoms with E-state index in [9.17, 15) is 9.90 Å². The van der Waals surface area contributed by atoms with Crippen molar-refractivity contribution in [3.63, 3.8) is 0 Å². The molecule has 0 aromatic rings. The quantitative estimate of drug-likeness (QED) is 0.547. The summed E-state index contributed by atoms with van der Waals surface area (Å²) in [5.41, 5.74) is -0.744. The summed E-state index contributed by atoms with van der Waals surface area (Å²) >= 11 is 0. The van der Waals surface area contributed by atoms with Gasteiger partial charge in [-0.2, -0.15) is 0 Å². The summed E-state index contributed by atoms with van der Waals surface area (Å²) in [7, 11) is 0. The van der Waals surface area contributed by atoms with Crippen molar-refractivity contribution in [2.24, 2.45) is 5.92 Å². The van der Waals surface area contributed by atoms with E-state index >= 15 is 0 Å². The van der Waals surface area contributed by atoms with Crippen LogP contribution >= 0.6 is 0 Å². The molecule has 0 radical (unpaired) electrons. The molecule has 2 atom stereocenters. The summed E-state index contributed by atoms with van der Waals surface area (Å²) in [4.78, 5) is 14.1. The SMILES string of the molecule is CCCNC(CC)(CCCN(CC)CC(C)CC)C(=O)O. The normalized spacial score (nSPS) is 15.9. The summed E-state index contributed by atoms with van der Waals surface area (Å²) in [6, 6.07) is 0. The van der Waals surface area contributed by atoms with E-state index in [4.69, 9.17) is 0 Å². The van der Waals surface area contributed by atoms with E-state index in [1.807, 2.05) is 6.92 Å². The van der Waals surface area contributed by atoms with Gasteiger partial charge in [0.05, 0.1) is 0 Å². The van der Waals surface area contributed by atoms with Gasteiger partial charge in [0.25, 0.3) is 0 Å². The molecule has 0 amide bonds. The number of nitrogens with zero attached hydrogens (tertiary/aromatic N) is 1. The van der Waals surface area contributed by atoms with Gasteiger partial charge in [-0.05, 0) is 51.2 Å². The Bertz CT molecular complexity index is 284. The van der Waals surface area contributed by atoms with Crippen LogP contribution in [0.3, 0.4) is 0 Å². The Hall–Kier alpha value is -0.610. The van der Waals surface area contributed by atoms with Crippen LogP contribution in [0.2, 0.25) is 0 Å². The number of carboxylic acid groups (broad SMARTS) is 1. The summed E-state index contributed by atoms with van der Waals surface area (Å²) < 4.78 is 0. The highest BCUT2D eigenvalue weighted by Crippen LogP contribution is 2.19. The van der Waals surface area contributed by atoms with Crippen molar-refractivity contribution in [2.75, 3.05) is 26.2 Å². The highest BCUT2D eigenvalue weighted by atomic mass is 16.4. The average molecular weight is 300 g/mol. The second-order valence-corrected chi connectivity index (χ2v) is 6.18. The van der Waals surface area contributed by atoms with Crippen LogP contribution in [0, 0.1) is 5.92 Å². The number of hydrogen-bond acceptors (Lipinski definition) is 3. The minimum atomic E-state index is -0.744. The maximum atomic E-state index is 11.7. The van der Waals surface area contributed by atoms with Crippen LogP contribution < -0.4 is 5.32 Å². The van der Waals surface area contributed by atoms with Gasteiger partial charge in [0.15, 0.2) is 0 Å². The largest absolute Gasteiger partial charge is 0.480 e. The van der Waals surface area contributed by atoms with E-state index in [-0.39, 0.29) is 0 Å². The van der Waals surface area contributed by atoms with E-state index in [1.54, 1.807) is 0 Å². The number of aliphatic carboxylic acids is 1. The first-order chi connectivity index (χ1) is 9.95. The molecule has 2 unspecified atom stereocenters. The minimum absolute atomic E-state index is 0.639. The zero-order chi connectivity index (χ0) is 16.3. The molecule has 0 aliphatic carbocycles. The van der Waals surface area contributed by atoms with Crippen molar-refractivity contribution in [2.45, 2.75) is 72.3 Å². The Morgan fingerprint density at radius 2 is 1.95 bits per heavy atom. The monoisotopic (exact) mass is 300 g/mol. The van der Waals surface area contributed by atoms with E-state index in [2.05, 4.69) is 37.9 Å². The van der Waals surface area contributed by atoms with Gasteiger partial charge in [-0.25, -0.2) is 0 Å². The zero-order valence-corrected chi connectivity index (χ0v) is 14.7. The molecule has 4 nitrogen and oxygen atoms in total. The molecule has 0 saturated carbocycles. The van der Waals surface area contributed by atoms with E-state index < -0.39 is 11.5 Å². The molecule has 0 fully saturated rings. The van der Waals surface area contributed by atoms with Crippen molar-refractivity contribution in [1.82, 2.24) is 10.2 Å². The maximum absolute atomic E-state index is 11.7. The first-order valence-corrected chi connectivity index (χ1v) is 8.66. The van der Waals surface area contributed by atoms with Crippen molar-refractivity contribution in [3.05, 3.63) is 0 Å². The second-order valence-electron chi connectivity index (χ2n) is 6.18. The van der Waals surface area contributed by atoms with Gasteiger partial charge in [-0.1, -0.05) is 41.0 Å². The smallest absolute Gasteiger partial charge is 0.323 e. The molecule has 0 spiro atoms. The number of carboxylic acids is 1. The fourth-order valence-corrected chi connectivity index (χ4v) is 2.64. The number of hydrogen-bond donors (Lipinski definition) is 2. The summed E-state index contributed by atoms with van der Waals surface area (Å²) in [6.45, 7) is 14.6. The molecule has 0 aliphatic rings. The average Bonchev–Trinajstić information content (AvgIpc) is 2.49. The number of rotatable bonds is 13. The standard InChI is InChI=1S/C17H36N2O2/c1-6-12-18-17(8-3,16(20)21)11-10-13-19(9-4)14-15(5)7-2/h15,18H,6-14H2,1-5H3,(H,20,21). The molecule has 0 saturated heterocycles. The Kier molecular flexibility index (Phi) is 10.7. The van der Waals surface area contributed by atoms with Crippen LogP contribution in [0.25, 0.3) is 0 Å². The first kappa shape index (κ1) is 20.4. The van der Waals surface area contributed by atoms with Crippen LogP contribution in [-0.2, 0) is 4.79 Å². The number of carbonyl (C=O) groups is 1. The lowest BCUT2D eigenvalue weighted by molar-refractivity contribution is -0.145. The molecule has 0 aliphatic heterocycles. The Morgan fingerprint density at radius 3 is 2.38 bits per heavy atom. The molecule has 0 rings (SSSR count). The molecule has 21 heavy (non-hydrogen) atoms. The van der Waals surface area contributed by atoms with E-state index in [0.29, 0.717) is 18.8 Å². The molecule has 4 heteroatoms. The predicted molar refractivity (Wildman–Crippen MR) is 89.8 cm³/mol. The highest BCUT2D eigenvalue weighted by molar-refractivity contribution is 5.78. The van der Waals surface area contributed by atoms with Gasteiger partial charge in [0.2, 0.25) is 0 Å². The third kappa shape index (κ3) is 7.28. The Balaban J connectivity index is 4.43. The first-order valence-electron chi connectivity index (χ1n) is 8.66. The van der Waals surface area contributed by atoms with Crippen molar-refractivity contribution in [1.29, 1.82) is 0 Å². The summed E-state index contributed by atoms with van der Waals surface area (Å²) in [6.07, 6.45) is 4.43. The molecule has 2 N–H and O–H groups in total. The fraction of sp³-hybridized carbons (Fsp3) is 0.941. The van der Waals surface area contributed by atoms with Gasteiger partial charge in [0.1, 0.15) is 5.54 Å². The lowest BCUT2D eigenvalue weighted by Gasteiger charge is -2.31. The second kappa shape index (κ2) is 11.0. The molecule has 0 aromatic heterocycles. The van der Waals surface area contributed by atoms with Crippen molar-refractivity contribution < 1.29 is 9.90 Å². The predicted octanol–water partition coefficient (Wildman–Crippen LogP) is 3.37.